The van der Waals surface area contributed by atoms with Crippen LogP contribution in [0.1, 0.15) is 4.88 Å². The van der Waals surface area contributed by atoms with E-state index in [-0.39, 0.29) is 6.61 Å². The van der Waals surface area contributed by atoms with Crippen molar-refractivity contribution in [2.45, 2.75) is 6.61 Å². The van der Waals surface area contributed by atoms with Crippen molar-refractivity contribution in [3.63, 3.8) is 0 Å². The lowest BCUT2D eigenvalue weighted by atomic mass is 10.0. The molecule has 3 heteroatoms. The number of anilines is 2. The van der Waals surface area contributed by atoms with Crippen molar-refractivity contribution < 1.29 is 5.11 Å². The van der Waals surface area contributed by atoms with Crippen LogP contribution in [-0.4, -0.2) is 5.11 Å². The van der Waals surface area contributed by atoms with Gasteiger partial charge in [-0.15, -0.1) is 11.3 Å². The third-order valence-corrected chi connectivity index (χ3v) is 4.75. The van der Waals surface area contributed by atoms with Gasteiger partial charge < -0.3 is 10.4 Å². The molecule has 3 aromatic rings. The molecule has 1 aliphatic heterocycles. The minimum atomic E-state index is 0.0927. The van der Waals surface area contributed by atoms with Gasteiger partial charge in [-0.25, -0.2) is 0 Å². The van der Waals surface area contributed by atoms with Crippen LogP contribution in [0.2, 0.25) is 0 Å². The van der Waals surface area contributed by atoms with Gasteiger partial charge >= 0.3 is 0 Å². The Morgan fingerprint density at radius 1 is 0.850 bits per heavy atom. The number of hydrogen-bond acceptors (Lipinski definition) is 3. The number of rotatable bonds is 1. The molecule has 4 rings (SSSR count). The van der Waals surface area contributed by atoms with E-state index < -0.39 is 0 Å². The van der Waals surface area contributed by atoms with Gasteiger partial charge in [-0.3, -0.25) is 0 Å². The molecule has 0 unspecified atom stereocenters. The van der Waals surface area contributed by atoms with Crippen LogP contribution in [0.5, 0.6) is 0 Å². The van der Waals surface area contributed by atoms with Gasteiger partial charge in [-0.2, -0.15) is 0 Å². The van der Waals surface area contributed by atoms with Crippen molar-refractivity contribution in [1.82, 2.24) is 0 Å². The lowest BCUT2D eigenvalue weighted by Gasteiger charge is -2.09. The summed E-state index contributed by atoms with van der Waals surface area (Å²) >= 11 is 1.66. The average Bonchev–Trinajstić information content (AvgIpc) is 2.87. The number of aliphatic hydroxyl groups excluding tert-OH is 1. The number of fused-ring (bicyclic) bond motifs is 5. The highest BCUT2D eigenvalue weighted by atomic mass is 32.1. The van der Waals surface area contributed by atoms with E-state index in [0.29, 0.717) is 0 Å². The van der Waals surface area contributed by atoms with Gasteiger partial charge in [0.1, 0.15) is 0 Å². The predicted octanol–water partition coefficient (Wildman–Crippen LogP) is 4.63. The molecule has 2 nitrogen and oxygen atoms in total. The first-order chi connectivity index (χ1) is 9.86. The number of para-hydroxylation sites is 2. The maximum atomic E-state index is 9.45. The van der Waals surface area contributed by atoms with Crippen LogP contribution in [0.15, 0.2) is 54.6 Å². The zero-order valence-corrected chi connectivity index (χ0v) is 11.6. The topological polar surface area (TPSA) is 32.3 Å². The van der Waals surface area contributed by atoms with Crippen molar-refractivity contribution in [2.75, 3.05) is 5.32 Å². The molecular weight excluding hydrogens is 266 g/mol. The molecule has 0 spiro atoms. The van der Waals surface area contributed by atoms with Gasteiger partial charge in [0.15, 0.2) is 0 Å². The molecule has 1 aromatic heterocycles. The molecule has 2 N–H and O–H groups in total. The average molecular weight is 279 g/mol. The van der Waals surface area contributed by atoms with E-state index in [2.05, 4.69) is 47.8 Å². The smallest absolute Gasteiger partial charge is 0.0774 e. The van der Waals surface area contributed by atoms with Crippen molar-refractivity contribution in [2.24, 2.45) is 0 Å². The Morgan fingerprint density at radius 2 is 1.50 bits per heavy atom. The van der Waals surface area contributed by atoms with E-state index in [0.717, 1.165) is 16.3 Å². The number of nitrogens with one attached hydrogen (secondary N) is 1. The molecule has 20 heavy (non-hydrogen) atoms. The van der Waals surface area contributed by atoms with E-state index >= 15 is 0 Å². The summed E-state index contributed by atoms with van der Waals surface area (Å²) in [4.78, 5) is 2.23. The first-order valence-electron chi connectivity index (χ1n) is 6.56. The second kappa shape index (κ2) is 4.47. The van der Waals surface area contributed by atoms with Crippen LogP contribution in [0.3, 0.4) is 0 Å². The fourth-order valence-electron chi connectivity index (χ4n) is 2.68. The first-order valence-corrected chi connectivity index (χ1v) is 7.38. The fraction of sp³-hybridized carbons (Fsp3) is 0.0588. The van der Waals surface area contributed by atoms with Crippen molar-refractivity contribution in [1.29, 1.82) is 0 Å². The van der Waals surface area contributed by atoms with Crippen molar-refractivity contribution >= 4 is 22.7 Å². The maximum absolute atomic E-state index is 9.45. The van der Waals surface area contributed by atoms with Crippen molar-refractivity contribution in [3.05, 3.63) is 59.5 Å². The Kier molecular flexibility index (Phi) is 2.62. The maximum Gasteiger partial charge on any atom is 0.0774 e. The Labute approximate surface area is 121 Å². The molecule has 0 amide bonds. The van der Waals surface area contributed by atoms with E-state index in [1.54, 1.807) is 11.3 Å². The SMILES string of the molecule is OCc1cc2c(s1)-c1ccccc1Nc1ccccc1-2. The Balaban J connectivity index is 2.08. The van der Waals surface area contributed by atoms with E-state index in [4.69, 9.17) is 0 Å². The molecule has 98 valence electrons. The Morgan fingerprint density at radius 3 is 2.25 bits per heavy atom. The quantitative estimate of drug-likeness (QED) is 0.532. The lowest BCUT2D eigenvalue weighted by Crippen LogP contribution is -1.91. The number of hydrogen-bond donors (Lipinski definition) is 2. The molecule has 2 aromatic carbocycles. The first kappa shape index (κ1) is 11.7. The van der Waals surface area contributed by atoms with Gasteiger partial charge in [0.2, 0.25) is 0 Å². The van der Waals surface area contributed by atoms with Gasteiger partial charge in [0, 0.05) is 37.8 Å². The third kappa shape index (κ3) is 1.68. The third-order valence-electron chi connectivity index (χ3n) is 3.60. The monoisotopic (exact) mass is 279 g/mol. The van der Waals surface area contributed by atoms with Gasteiger partial charge in [-0.1, -0.05) is 36.4 Å². The predicted molar refractivity (Wildman–Crippen MR) is 84.4 cm³/mol. The van der Waals surface area contributed by atoms with Gasteiger partial charge in [-0.05, 0) is 18.2 Å². The molecule has 0 atom stereocenters. The summed E-state index contributed by atoms with van der Waals surface area (Å²) in [6.45, 7) is 0.0927. The number of aliphatic hydroxyl groups is 1. The van der Waals surface area contributed by atoms with E-state index in [1.807, 2.05) is 12.1 Å². The minimum absolute atomic E-state index is 0.0927. The molecule has 1 aliphatic rings. The molecule has 0 bridgehead atoms. The summed E-state index contributed by atoms with van der Waals surface area (Å²) < 4.78 is 0. The molecule has 0 radical (unpaired) electrons. The molecule has 0 fully saturated rings. The van der Waals surface area contributed by atoms with E-state index in [1.165, 1.54) is 21.6 Å². The molecular formula is C17H13NOS. The number of benzene rings is 2. The highest BCUT2D eigenvalue weighted by molar-refractivity contribution is 7.16. The van der Waals surface area contributed by atoms with Crippen LogP contribution in [0.25, 0.3) is 21.6 Å². The summed E-state index contributed by atoms with van der Waals surface area (Å²) in [5.74, 6) is 0. The van der Waals surface area contributed by atoms with Crippen LogP contribution in [0, 0.1) is 0 Å². The fourth-order valence-corrected chi connectivity index (χ4v) is 3.75. The Hall–Kier alpha value is -2.10. The van der Waals surface area contributed by atoms with Gasteiger partial charge in [0.25, 0.3) is 0 Å². The summed E-state index contributed by atoms with van der Waals surface area (Å²) in [5, 5.41) is 13.0. The molecule has 2 heterocycles. The highest BCUT2D eigenvalue weighted by Gasteiger charge is 2.20. The normalized spacial score (nSPS) is 11.8. The second-order valence-corrected chi connectivity index (χ2v) is 5.97. The summed E-state index contributed by atoms with van der Waals surface area (Å²) in [6.07, 6.45) is 0. The highest BCUT2D eigenvalue weighted by Crippen LogP contribution is 2.47. The zero-order valence-electron chi connectivity index (χ0n) is 10.8. The van der Waals surface area contributed by atoms with Crippen molar-refractivity contribution in [3.8, 4) is 21.6 Å². The molecule has 0 saturated heterocycles. The lowest BCUT2D eigenvalue weighted by molar-refractivity contribution is 0.285. The molecule has 0 aliphatic carbocycles. The van der Waals surface area contributed by atoms with Crippen LogP contribution in [-0.2, 0) is 6.61 Å². The molecule has 0 saturated carbocycles. The zero-order chi connectivity index (χ0) is 13.5. The van der Waals surface area contributed by atoms with Crippen LogP contribution in [0.4, 0.5) is 11.4 Å². The number of thiophene rings is 1. The van der Waals surface area contributed by atoms with Crippen LogP contribution >= 0.6 is 11.3 Å². The summed E-state index contributed by atoms with van der Waals surface area (Å²) in [7, 11) is 0. The van der Waals surface area contributed by atoms with E-state index in [9.17, 15) is 5.11 Å². The standard InChI is InChI=1S/C17H13NOS/c19-10-11-9-14-12-5-1-3-7-15(12)18-16-8-4-2-6-13(16)17(14)20-11/h1-9,18-19H,10H2. The Bertz CT molecular complexity index is 728. The largest absolute Gasteiger partial charge is 0.391 e. The summed E-state index contributed by atoms with van der Waals surface area (Å²) in [5.41, 5.74) is 5.82. The second-order valence-electron chi connectivity index (χ2n) is 4.83. The van der Waals surface area contributed by atoms with Gasteiger partial charge in [0.05, 0.1) is 6.61 Å². The van der Waals surface area contributed by atoms with Crippen LogP contribution < -0.4 is 5.32 Å². The summed E-state index contributed by atoms with van der Waals surface area (Å²) in [6, 6.07) is 18.7. The minimum Gasteiger partial charge on any atom is -0.391 e.